The second-order valence-corrected chi connectivity index (χ2v) is 9.43. The van der Waals surface area contributed by atoms with Crippen LogP contribution < -0.4 is 9.64 Å². The maximum Gasteiger partial charge on any atom is 0.310 e. The van der Waals surface area contributed by atoms with Crippen LogP contribution in [0.25, 0.3) is 0 Å². The number of piperidine rings is 1. The number of hydrogen-bond acceptors (Lipinski definition) is 9. The van der Waals surface area contributed by atoms with Gasteiger partial charge in [0.05, 0.1) is 32.4 Å². The molecule has 1 saturated heterocycles. The third-order valence-corrected chi connectivity index (χ3v) is 6.96. The van der Waals surface area contributed by atoms with E-state index in [4.69, 9.17) is 18.9 Å². The van der Waals surface area contributed by atoms with Crippen molar-refractivity contribution in [3.8, 4) is 5.75 Å². The summed E-state index contributed by atoms with van der Waals surface area (Å²) in [5.41, 5.74) is 1.06. The number of likely N-dealkylation sites (tertiary alicyclic amines) is 1. The standard InChI is InChI=1S/C26H32N4O5S/c1-3-34-25(32)20-8-5-12-29(17-20)24(31)11-13-30(18-22-10-6-14-35-22)26-27-23(28-36-26)16-19-7-4-9-21(15-19)33-2/h4,6-7,9-10,14-15,20H,3,5,8,11-13,16-18H2,1-2H3. The molecule has 1 aliphatic rings. The Balaban J connectivity index is 1.41. The summed E-state index contributed by atoms with van der Waals surface area (Å²) in [5.74, 6) is 1.86. The fourth-order valence-corrected chi connectivity index (χ4v) is 5.00. The second kappa shape index (κ2) is 12.5. The van der Waals surface area contributed by atoms with Gasteiger partial charge in [0, 0.05) is 44.0 Å². The molecule has 3 aromatic rings. The van der Waals surface area contributed by atoms with Crippen LogP contribution in [0.2, 0.25) is 0 Å². The van der Waals surface area contributed by atoms with Gasteiger partial charge in [0.1, 0.15) is 17.3 Å². The molecule has 1 fully saturated rings. The Bertz CT molecular complexity index is 1130. The van der Waals surface area contributed by atoms with Crippen LogP contribution in [0.5, 0.6) is 5.75 Å². The molecule has 0 bridgehead atoms. The fraction of sp³-hybridized carbons (Fsp3) is 0.462. The largest absolute Gasteiger partial charge is 0.497 e. The number of amides is 1. The lowest BCUT2D eigenvalue weighted by Crippen LogP contribution is -2.43. The second-order valence-electron chi connectivity index (χ2n) is 8.70. The number of hydrogen-bond donors (Lipinski definition) is 0. The van der Waals surface area contributed by atoms with E-state index in [1.54, 1.807) is 25.2 Å². The van der Waals surface area contributed by atoms with Crippen LogP contribution in [0.1, 0.15) is 43.3 Å². The number of furan rings is 1. The van der Waals surface area contributed by atoms with Crippen molar-refractivity contribution in [2.45, 2.75) is 39.2 Å². The number of rotatable bonds is 11. The van der Waals surface area contributed by atoms with Crippen LogP contribution in [-0.4, -0.2) is 59.5 Å². The molecule has 9 nitrogen and oxygen atoms in total. The van der Waals surface area contributed by atoms with Gasteiger partial charge in [0.25, 0.3) is 0 Å². The highest BCUT2D eigenvalue weighted by atomic mass is 32.1. The Morgan fingerprint density at radius 2 is 2.17 bits per heavy atom. The van der Waals surface area contributed by atoms with Crippen molar-refractivity contribution in [3.63, 3.8) is 0 Å². The SMILES string of the molecule is CCOC(=O)C1CCCN(C(=O)CCN(Cc2ccco2)c2nc(Cc3cccc(OC)c3)ns2)C1. The zero-order valence-electron chi connectivity index (χ0n) is 20.7. The number of esters is 1. The van der Waals surface area contributed by atoms with Gasteiger partial charge < -0.3 is 23.7 Å². The van der Waals surface area contributed by atoms with Crippen LogP contribution in [0.15, 0.2) is 47.1 Å². The van der Waals surface area contributed by atoms with E-state index in [-0.39, 0.29) is 17.8 Å². The molecule has 0 radical (unpaired) electrons. The smallest absolute Gasteiger partial charge is 0.310 e. The topological polar surface area (TPSA) is 98.0 Å². The predicted molar refractivity (Wildman–Crippen MR) is 136 cm³/mol. The van der Waals surface area contributed by atoms with Crippen molar-refractivity contribution in [2.24, 2.45) is 5.92 Å². The van der Waals surface area contributed by atoms with Crippen molar-refractivity contribution < 1.29 is 23.5 Å². The number of carbonyl (C=O) groups excluding carboxylic acids is 2. The van der Waals surface area contributed by atoms with Crippen LogP contribution in [-0.2, 0) is 27.3 Å². The summed E-state index contributed by atoms with van der Waals surface area (Å²) in [6.07, 6.45) is 4.09. The maximum absolute atomic E-state index is 13.0. The van der Waals surface area contributed by atoms with Gasteiger partial charge in [-0.25, -0.2) is 4.98 Å². The van der Waals surface area contributed by atoms with Gasteiger partial charge in [0.2, 0.25) is 11.0 Å². The number of aromatic nitrogens is 2. The van der Waals surface area contributed by atoms with Gasteiger partial charge in [-0.15, -0.1) is 0 Å². The summed E-state index contributed by atoms with van der Waals surface area (Å²) in [6, 6.07) is 11.6. The number of carbonyl (C=O) groups is 2. The quantitative estimate of drug-likeness (QED) is 0.357. The molecule has 1 aromatic carbocycles. The first-order chi connectivity index (χ1) is 17.6. The molecule has 0 aliphatic carbocycles. The summed E-state index contributed by atoms with van der Waals surface area (Å²) in [6.45, 7) is 4.18. The van der Waals surface area contributed by atoms with Crippen molar-refractivity contribution in [1.82, 2.24) is 14.3 Å². The molecule has 0 N–H and O–H groups in total. The molecule has 1 unspecified atom stereocenters. The molecule has 0 spiro atoms. The Labute approximate surface area is 215 Å². The number of anilines is 1. The minimum absolute atomic E-state index is 0.0227. The van der Waals surface area contributed by atoms with Gasteiger partial charge in [-0.05, 0) is 49.6 Å². The van der Waals surface area contributed by atoms with Gasteiger partial charge in [-0.3, -0.25) is 9.59 Å². The van der Waals surface area contributed by atoms with E-state index in [1.807, 2.05) is 41.3 Å². The summed E-state index contributed by atoms with van der Waals surface area (Å²) in [5, 5.41) is 0.736. The van der Waals surface area contributed by atoms with Crippen molar-refractivity contribution in [3.05, 3.63) is 59.8 Å². The van der Waals surface area contributed by atoms with Gasteiger partial charge >= 0.3 is 5.97 Å². The van der Waals surface area contributed by atoms with E-state index in [1.165, 1.54) is 11.5 Å². The molecule has 1 atom stereocenters. The van der Waals surface area contributed by atoms with Crippen molar-refractivity contribution in [2.75, 3.05) is 38.3 Å². The van der Waals surface area contributed by atoms with E-state index >= 15 is 0 Å². The zero-order chi connectivity index (χ0) is 25.3. The fourth-order valence-electron chi connectivity index (χ4n) is 4.29. The maximum atomic E-state index is 13.0. The summed E-state index contributed by atoms with van der Waals surface area (Å²) in [4.78, 5) is 33.8. The molecular formula is C26H32N4O5S. The summed E-state index contributed by atoms with van der Waals surface area (Å²) in [7, 11) is 1.65. The zero-order valence-corrected chi connectivity index (χ0v) is 21.5. The first-order valence-electron chi connectivity index (χ1n) is 12.2. The van der Waals surface area contributed by atoms with E-state index in [0.717, 1.165) is 35.0 Å². The Hall–Kier alpha value is -3.40. The Kier molecular flexibility index (Phi) is 8.94. The molecule has 4 rings (SSSR count). The molecule has 36 heavy (non-hydrogen) atoms. The highest BCUT2D eigenvalue weighted by molar-refractivity contribution is 7.09. The number of benzene rings is 1. The monoisotopic (exact) mass is 512 g/mol. The summed E-state index contributed by atoms with van der Waals surface area (Å²) < 4.78 is 20.6. The van der Waals surface area contributed by atoms with Gasteiger partial charge in [-0.1, -0.05) is 12.1 Å². The third-order valence-electron chi connectivity index (χ3n) is 6.14. The van der Waals surface area contributed by atoms with Crippen molar-refractivity contribution >= 4 is 28.5 Å². The highest BCUT2D eigenvalue weighted by Crippen LogP contribution is 2.24. The molecular weight excluding hydrogens is 480 g/mol. The Morgan fingerprint density at radius 1 is 1.28 bits per heavy atom. The van der Waals surface area contributed by atoms with Gasteiger partial charge in [0.15, 0.2) is 0 Å². The molecule has 0 saturated carbocycles. The van der Waals surface area contributed by atoms with E-state index < -0.39 is 0 Å². The van der Waals surface area contributed by atoms with E-state index in [9.17, 15) is 9.59 Å². The normalized spacial score (nSPS) is 15.5. The van der Waals surface area contributed by atoms with Gasteiger partial charge in [-0.2, -0.15) is 4.37 Å². The average Bonchev–Trinajstić information content (AvgIpc) is 3.59. The van der Waals surface area contributed by atoms with Crippen LogP contribution in [0.3, 0.4) is 0 Å². The summed E-state index contributed by atoms with van der Waals surface area (Å²) >= 11 is 1.31. The number of methoxy groups -OCH3 is 1. The number of nitrogens with zero attached hydrogens (tertiary/aromatic N) is 4. The third kappa shape index (κ3) is 6.84. The van der Waals surface area contributed by atoms with E-state index in [0.29, 0.717) is 51.5 Å². The predicted octanol–water partition coefficient (Wildman–Crippen LogP) is 3.93. The molecule has 10 heteroatoms. The first-order valence-corrected chi connectivity index (χ1v) is 13.0. The molecule has 1 amide bonds. The van der Waals surface area contributed by atoms with Crippen LogP contribution in [0, 0.1) is 5.92 Å². The lowest BCUT2D eigenvalue weighted by molar-refractivity contribution is -0.151. The Morgan fingerprint density at radius 3 is 2.94 bits per heavy atom. The van der Waals surface area contributed by atoms with Crippen molar-refractivity contribution in [1.29, 1.82) is 0 Å². The minimum atomic E-state index is -0.246. The molecule has 1 aliphatic heterocycles. The molecule has 192 valence electrons. The molecule has 2 aromatic heterocycles. The van der Waals surface area contributed by atoms with Crippen LogP contribution >= 0.6 is 11.5 Å². The average molecular weight is 513 g/mol. The molecule has 3 heterocycles. The van der Waals surface area contributed by atoms with E-state index in [2.05, 4.69) is 4.37 Å². The van der Waals surface area contributed by atoms with Crippen LogP contribution in [0.4, 0.5) is 5.13 Å². The highest BCUT2D eigenvalue weighted by Gasteiger charge is 2.29. The number of ether oxygens (including phenoxy) is 2. The minimum Gasteiger partial charge on any atom is -0.497 e. The lowest BCUT2D eigenvalue weighted by atomic mass is 9.98. The lowest BCUT2D eigenvalue weighted by Gasteiger charge is -2.32. The first kappa shape index (κ1) is 25.7.